The summed E-state index contributed by atoms with van der Waals surface area (Å²) in [5.74, 6) is -10.4. The van der Waals surface area contributed by atoms with Gasteiger partial charge in [0.25, 0.3) is 0 Å². The van der Waals surface area contributed by atoms with Gasteiger partial charge in [0.2, 0.25) is 11.7 Å². The Balaban J connectivity index is 1.60. The second kappa shape index (κ2) is 9.21. The average molecular weight is 441 g/mol. The summed E-state index contributed by atoms with van der Waals surface area (Å²) in [6.07, 6.45) is 2.92. The molecule has 1 aliphatic heterocycles. The van der Waals surface area contributed by atoms with Crippen LogP contribution in [0.1, 0.15) is 5.56 Å². The Kier molecular flexibility index (Phi) is 6.66. The van der Waals surface area contributed by atoms with Crippen molar-refractivity contribution in [3.8, 4) is 0 Å². The monoisotopic (exact) mass is 441 g/mol. The van der Waals surface area contributed by atoms with Gasteiger partial charge in [0, 0.05) is 32.3 Å². The summed E-state index contributed by atoms with van der Waals surface area (Å²) in [6, 6.07) is 9.14. The molecule has 0 spiro atoms. The molecule has 30 heavy (non-hydrogen) atoms. The number of thiocarbonyl (C=S) groups is 1. The van der Waals surface area contributed by atoms with Crippen LogP contribution in [0.3, 0.4) is 0 Å². The second-order valence-corrected chi connectivity index (χ2v) is 6.82. The Morgan fingerprint density at radius 1 is 0.867 bits per heavy atom. The minimum atomic E-state index is -2.19. The van der Waals surface area contributed by atoms with Crippen LogP contribution in [0.15, 0.2) is 36.4 Å². The van der Waals surface area contributed by atoms with E-state index in [1.165, 1.54) is 6.08 Å². The molecule has 4 nitrogen and oxygen atoms in total. The number of hydrogen-bond acceptors (Lipinski definition) is 3. The van der Waals surface area contributed by atoms with Gasteiger partial charge >= 0.3 is 0 Å². The fraction of sp³-hybridized carbons (Fsp3) is 0.200. The van der Waals surface area contributed by atoms with Crippen LogP contribution in [0.4, 0.5) is 27.6 Å². The van der Waals surface area contributed by atoms with Crippen LogP contribution < -0.4 is 10.2 Å². The van der Waals surface area contributed by atoms with E-state index in [1.807, 2.05) is 30.3 Å². The molecule has 2 aromatic rings. The smallest absolute Gasteiger partial charge is 0.250 e. The fourth-order valence-electron chi connectivity index (χ4n) is 2.97. The number of nitrogens with one attached hydrogen (secondary N) is 1. The maximum absolute atomic E-state index is 14.0. The van der Waals surface area contributed by atoms with E-state index >= 15 is 0 Å². The van der Waals surface area contributed by atoms with Gasteiger partial charge in [-0.2, -0.15) is 0 Å². The fourth-order valence-corrected chi connectivity index (χ4v) is 3.25. The maximum Gasteiger partial charge on any atom is 0.250 e. The van der Waals surface area contributed by atoms with Crippen LogP contribution in [0.2, 0.25) is 0 Å². The minimum absolute atomic E-state index is 0.0474. The summed E-state index contributed by atoms with van der Waals surface area (Å²) in [5, 5.41) is 2.62. The van der Waals surface area contributed by atoms with Crippen molar-refractivity contribution in [3.63, 3.8) is 0 Å². The van der Waals surface area contributed by atoms with Gasteiger partial charge in [0.15, 0.2) is 28.4 Å². The van der Waals surface area contributed by atoms with Crippen LogP contribution in [0.5, 0.6) is 0 Å². The quantitative estimate of drug-likeness (QED) is 0.260. The number of carbonyl (C=O) groups excluding carboxylic acids is 1. The lowest BCUT2D eigenvalue weighted by Gasteiger charge is -2.37. The predicted molar refractivity (Wildman–Crippen MR) is 106 cm³/mol. The highest BCUT2D eigenvalue weighted by Crippen LogP contribution is 2.30. The summed E-state index contributed by atoms with van der Waals surface area (Å²) < 4.78 is 68.0. The molecular formula is C20H16F5N3OS. The zero-order valence-electron chi connectivity index (χ0n) is 15.5. The number of nitrogens with zero attached hydrogens (tertiary/aromatic N) is 2. The Labute approximate surface area is 174 Å². The lowest BCUT2D eigenvalue weighted by molar-refractivity contribution is -0.115. The van der Waals surface area contributed by atoms with E-state index < -0.39 is 40.7 Å². The van der Waals surface area contributed by atoms with Crippen molar-refractivity contribution < 1.29 is 26.7 Å². The molecule has 1 saturated heterocycles. The molecule has 0 aliphatic carbocycles. The predicted octanol–water partition coefficient (Wildman–Crippen LogP) is 3.62. The lowest BCUT2D eigenvalue weighted by atomic mass is 10.2. The number of rotatable bonds is 3. The van der Waals surface area contributed by atoms with Crippen LogP contribution in [-0.2, 0) is 4.79 Å². The summed E-state index contributed by atoms with van der Waals surface area (Å²) in [5.41, 5.74) is -0.137. The van der Waals surface area contributed by atoms with Crippen molar-refractivity contribution in [2.75, 3.05) is 31.1 Å². The molecule has 0 atom stereocenters. The van der Waals surface area contributed by atoms with Crippen molar-refractivity contribution >= 4 is 35.0 Å². The molecule has 0 aromatic heterocycles. The van der Waals surface area contributed by atoms with E-state index in [4.69, 9.17) is 12.2 Å². The first-order chi connectivity index (χ1) is 14.3. The second-order valence-electron chi connectivity index (χ2n) is 6.43. The van der Waals surface area contributed by atoms with E-state index in [0.29, 0.717) is 0 Å². The standard InChI is InChI=1S/C20H16F5N3OS/c21-14-15(22)17(24)19(18(25)16(14)23)27-8-10-28(11-9-27)20(30)26-13(29)7-6-12-4-2-1-3-5-12/h1-7H,8-11H2,(H,26,29,30)/b7-6+. The first-order valence-corrected chi connectivity index (χ1v) is 9.29. The van der Waals surface area contributed by atoms with Gasteiger partial charge in [0.05, 0.1) is 0 Å². The van der Waals surface area contributed by atoms with Gasteiger partial charge < -0.3 is 9.80 Å². The van der Waals surface area contributed by atoms with Gasteiger partial charge in [-0.1, -0.05) is 30.3 Å². The number of carbonyl (C=O) groups is 1. The molecular weight excluding hydrogens is 425 g/mol. The molecule has 0 saturated carbocycles. The Morgan fingerprint density at radius 2 is 1.40 bits per heavy atom. The highest BCUT2D eigenvalue weighted by atomic mass is 32.1. The van der Waals surface area contributed by atoms with Crippen LogP contribution in [-0.4, -0.2) is 42.1 Å². The normalized spacial score (nSPS) is 14.3. The molecule has 10 heteroatoms. The number of amides is 1. The Bertz CT molecular complexity index is 963. The largest absolute Gasteiger partial charge is 0.363 e. The van der Waals surface area contributed by atoms with Crippen molar-refractivity contribution in [2.45, 2.75) is 0 Å². The molecule has 1 N–H and O–H groups in total. The van der Waals surface area contributed by atoms with E-state index in [1.54, 1.807) is 11.0 Å². The summed E-state index contributed by atoms with van der Waals surface area (Å²) in [4.78, 5) is 14.6. The van der Waals surface area contributed by atoms with Crippen LogP contribution >= 0.6 is 12.2 Å². The van der Waals surface area contributed by atoms with Crippen molar-refractivity contribution in [3.05, 3.63) is 71.1 Å². The first-order valence-electron chi connectivity index (χ1n) is 8.89. The number of anilines is 1. The van der Waals surface area contributed by atoms with Crippen LogP contribution in [0, 0.1) is 29.1 Å². The van der Waals surface area contributed by atoms with E-state index in [2.05, 4.69) is 5.32 Å². The van der Waals surface area contributed by atoms with Gasteiger partial charge in [-0.15, -0.1) is 0 Å². The highest BCUT2D eigenvalue weighted by molar-refractivity contribution is 7.80. The van der Waals surface area contributed by atoms with Gasteiger partial charge in [-0.25, -0.2) is 22.0 Å². The number of hydrogen-bond donors (Lipinski definition) is 1. The van der Waals surface area contributed by atoms with E-state index in [0.717, 1.165) is 10.5 Å². The Hall–Kier alpha value is -3.01. The average Bonchev–Trinajstić information content (AvgIpc) is 2.76. The van der Waals surface area contributed by atoms with E-state index in [-0.39, 0.29) is 31.3 Å². The molecule has 0 radical (unpaired) electrons. The van der Waals surface area contributed by atoms with E-state index in [9.17, 15) is 26.7 Å². The van der Waals surface area contributed by atoms with Gasteiger partial charge in [-0.3, -0.25) is 10.1 Å². The third-order valence-electron chi connectivity index (χ3n) is 4.53. The Morgan fingerprint density at radius 3 is 1.97 bits per heavy atom. The van der Waals surface area contributed by atoms with Gasteiger partial charge in [-0.05, 0) is 23.9 Å². The summed E-state index contributed by atoms with van der Waals surface area (Å²) in [7, 11) is 0. The minimum Gasteiger partial charge on any atom is -0.363 e. The highest BCUT2D eigenvalue weighted by Gasteiger charge is 2.31. The molecule has 1 fully saturated rings. The third kappa shape index (κ3) is 4.59. The molecule has 1 aliphatic rings. The molecule has 3 rings (SSSR count). The SMILES string of the molecule is O=C(/C=C/c1ccccc1)NC(=S)N1CCN(c2c(F)c(F)c(F)c(F)c2F)CC1. The summed E-state index contributed by atoms with van der Waals surface area (Å²) in [6.45, 7) is 0.157. The zero-order valence-corrected chi connectivity index (χ0v) is 16.3. The molecule has 1 heterocycles. The molecule has 1 amide bonds. The van der Waals surface area contributed by atoms with Crippen molar-refractivity contribution in [2.24, 2.45) is 0 Å². The van der Waals surface area contributed by atoms with Gasteiger partial charge in [0.1, 0.15) is 5.69 Å². The zero-order chi connectivity index (χ0) is 21.8. The van der Waals surface area contributed by atoms with Crippen molar-refractivity contribution in [1.29, 1.82) is 0 Å². The number of halogens is 5. The first kappa shape index (κ1) is 21.7. The van der Waals surface area contributed by atoms with Crippen molar-refractivity contribution in [1.82, 2.24) is 10.2 Å². The molecule has 158 valence electrons. The lowest BCUT2D eigenvalue weighted by Crippen LogP contribution is -2.53. The number of piperazine rings is 1. The molecule has 2 aromatic carbocycles. The van der Waals surface area contributed by atoms with Crippen LogP contribution in [0.25, 0.3) is 6.08 Å². The number of benzene rings is 2. The maximum atomic E-state index is 14.0. The third-order valence-corrected chi connectivity index (χ3v) is 4.89. The molecule has 0 bridgehead atoms. The molecule has 0 unspecified atom stereocenters. The summed E-state index contributed by atoms with van der Waals surface area (Å²) >= 11 is 5.17. The topological polar surface area (TPSA) is 35.6 Å².